The number of carboxylic acids is 1. The van der Waals surface area contributed by atoms with Gasteiger partial charge in [-0.1, -0.05) is 19.9 Å². The van der Waals surface area contributed by atoms with Gasteiger partial charge in [0.25, 0.3) is 5.91 Å². The molecule has 1 amide bonds. The van der Waals surface area contributed by atoms with Gasteiger partial charge in [-0.2, -0.15) is 4.31 Å². The molecule has 0 radical (unpaired) electrons. The van der Waals surface area contributed by atoms with Gasteiger partial charge in [0, 0.05) is 31.7 Å². The van der Waals surface area contributed by atoms with E-state index in [1.54, 1.807) is 31.7 Å². The van der Waals surface area contributed by atoms with Crippen LogP contribution < -0.4 is 0 Å². The van der Waals surface area contributed by atoms with Crippen molar-refractivity contribution in [2.24, 2.45) is 5.92 Å². The summed E-state index contributed by atoms with van der Waals surface area (Å²) >= 11 is 0. The number of aliphatic carboxylic acids is 1. The molecule has 0 spiro atoms. The highest BCUT2D eigenvalue weighted by atomic mass is 32.2. The summed E-state index contributed by atoms with van der Waals surface area (Å²) in [4.78, 5) is 25.6. The second kappa shape index (κ2) is 8.18. The van der Waals surface area contributed by atoms with Crippen LogP contribution in [-0.2, 0) is 14.8 Å². The maximum absolute atomic E-state index is 12.9. The number of aryl methyl sites for hydroxylation is 1. The van der Waals surface area contributed by atoms with Gasteiger partial charge in [0.2, 0.25) is 10.0 Å². The summed E-state index contributed by atoms with van der Waals surface area (Å²) in [5, 5.41) is 9.07. The first-order valence-electron chi connectivity index (χ1n) is 8.85. The van der Waals surface area contributed by atoms with Crippen molar-refractivity contribution in [2.45, 2.75) is 38.5 Å². The van der Waals surface area contributed by atoms with Crippen LogP contribution in [0.25, 0.3) is 0 Å². The molecule has 1 aromatic carbocycles. The van der Waals surface area contributed by atoms with Gasteiger partial charge in [0.15, 0.2) is 0 Å². The van der Waals surface area contributed by atoms with Crippen molar-refractivity contribution in [1.29, 1.82) is 0 Å². The van der Waals surface area contributed by atoms with Gasteiger partial charge >= 0.3 is 5.97 Å². The number of sulfonamides is 1. The van der Waals surface area contributed by atoms with Crippen LogP contribution in [0.5, 0.6) is 0 Å². The molecule has 1 aliphatic heterocycles. The lowest BCUT2D eigenvalue weighted by Crippen LogP contribution is -2.40. The summed E-state index contributed by atoms with van der Waals surface area (Å²) in [5.74, 6) is -1.50. The van der Waals surface area contributed by atoms with Crippen LogP contribution in [0.1, 0.15) is 42.6 Å². The van der Waals surface area contributed by atoms with Gasteiger partial charge in [0.05, 0.1) is 10.8 Å². The number of piperidine rings is 1. The van der Waals surface area contributed by atoms with Crippen molar-refractivity contribution in [2.75, 3.05) is 26.2 Å². The third-order valence-electron chi connectivity index (χ3n) is 4.91. The van der Waals surface area contributed by atoms with E-state index in [4.69, 9.17) is 5.11 Å². The monoisotopic (exact) mass is 382 g/mol. The highest BCUT2D eigenvalue weighted by Crippen LogP contribution is 2.23. The lowest BCUT2D eigenvalue weighted by atomic mass is 9.96. The molecule has 144 valence electrons. The van der Waals surface area contributed by atoms with Gasteiger partial charge in [-0.3, -0.25) is 9.59 Å². The van der Waals surface area contributed by atoms with Crippen LogP contribution in [-0.4, -0.2) is 60.8 Å². The summed E-state index contributed by atoms with van der Waals surface area (Å²) < 4.78 is 26.8. The fourth-order valence-electron chi connectivity index (χ4n) is 3.20. The van der Waals surface area contributed by atoms with Gasteiger partial charge < -0.3 is 10.0 Å². The Morgan fingerprint density at radius 1 is 1.19 bits per heavy atom. The second-order valence-corrected chi connectivity index (χ2v) is 8.41. The average Bonchev–Trinajstić information content (AvgIpc) is 2.62. The van der Waals surface area contributed by atoms with E-state index in [0.29, 0.717) is 50.1 Å². The van der Waals surface area contributed by atoms with Crippen LogP contribution in [0.2, 0.25) is 0 Å². The minimum absolute atomic E-state index is 0.107. The van der Waals surface area contributed by atoms with Gasteiger partial charge in [0.1, 0.15) is 0 Å². The molecule has 26 heavy (non-hydrogen) atoms. The molecule has 7 nitrogen and oxygen atoms in total. The molecule has 1 heterocycles. The molecule has 2 rings (SSSR count). The van der Waals surface area contributed by atoms with Gasteiger partial charge in [-0.05, 0) is 37.5 Å². The molecular formula is C18H26N2O5S. The Morgan fingerprint density at radius 3 is 2.27 bits per heavy atom. The van der Waals surface area contributed by atoms with E-state index in [2.05, 4.69) is 0 Å². The predicted octanol–water partition coefficient (Wildman–Crippen LogP) is 1.96. The summed E-state index contributed by atoms with van der Waals surface area (Å²) in [6, 6.07) is 4.61. The molecule has 1 N–H and O–H groups in total. The first-order valence-corrected chi connectivity index (χ1v) is 10.3. The van der Waals surface area contributed by atoms with Crippen LogP contribution >= 0.6 is 0 Å². The summed E-state index contributed by atoms with van der Waals surface area (Å²) in [7, 11) is -3.64. The molecule has 0 unspecified atom stereocenters. The molecule has 0 atom stereocenters. The normalized spacial score (nSPS) is 16.1. The minimum atomic E-state index is -3.64. The van der Waals surface area contributed by atoms with E-state index in [9.17, 15) is 18.0 Å². The average molecular weight is 382 g/mol. The van der Waals surface area contributed by atoms with Crippen LogP contribution in [0, 0.1) is 12.8 Å². The smallest absolute Gasteiger partial charge is 0.306 e. The maximum atomic E-state index is 12.9. The largest absolute Gasteiger partial charge is 0.481 e. The van der Waals surface area contributed by atoms with Crippen molar-refractivity contribution in [3.8, 4) is 0 Å². The van der Waals surface area contributed by atoms with Crippen molar-refractivity contribution in [1.82, 2.24) is 9.21 Å². The Balaban J connectivity index is 2.28. The third kappa shape index (κ3) is 4.07. The van der Waals surface area contributed by atoms with Crippen molar-refractivity contribution in [3.63, 3.8) is 0 Å². The lowest BCUT2D eigenvalue weighted by molar-refractivity contribution is -0.143. The molecule has 1 aromatic rings. The highest BCUT2D eigenvalue weighted by molar-refractivity contribution is 7.89. The fraction of sp³-hybridized carbons (Fsp3) is 0.556. The second-order valence-electron chi connectivity index (χ2n) is 6.47. The van der Waals surface area contributed by atoms with Gasteiger partial charge in [-0.15, -0.1) is 0 Å². The van der Waals surface area contributed by atoms with E-state index >= 15 is 0 Å². The number of rotatable bonds is 6. The zero-order valence-corrected chi connectivity index (χ0v) is 16.3. The number of hydrogen-bond acceptors (Lipinski definition) is 4. The Kier molecular flexibility index (Phi) is 6.41. The number of amides is 1. The van der Waals surface area contributed by atoms with Crippen molar-refractivity contribution in [3.05, 3.63) is 29.3 Å². The van der Waals surface area contributed by atoms with Gasteiger partial charge in [-0.25, -0.2) is 8.42 Å². The topological polar surface area (TPSA) is 95.0 Å². The van der Waals surface area contributed by atoms with Crippen molar-refractivity contribution < 1.29 is 23.1 Å². The van der Waals surface area contributed by atoms with E-state index < -0.39 is 21.9 Å². The Morgan fingerprint density at radius 2 is 1.77 bits per heavy atom. The molecule has 1 saturated heterocycles. The van der Waals surface area contributed by atoms with Crippen molar-refractivity contribution >= 4 is 21.9 Å². The predicted molar refractivity (Wildman–Crippen MR) is 97.5 cm³/mol. The van der Waals surface area contributed by atoms with E-state index in [-0.39, 0.29) is 10.8 Å². The van der Waals surface area contributed by atoms with E-state index in [0.717, 1.165) is 0 Å². The van der Waals surface area contributed by atoms with Crippen LogP contribution in [0.3, 0.4) is 0 Å². The number of carbonyl (C=O) groups is 2. The number of carboxylic acid groups (broad SMARTS) is 1. The molecular weight excluding hydrogens is 356 g/mol. The Labute approximate surface area is 154 Å². The third-order valence-corrected chi connectivity index (χ3v) is 6.96. The SMILES string of the molecule is CCN(CC)S(=O)(=O)c1ccc(C)c(C(=O)N2CCC(C(=O)O)CC2)c1. The summed E-state index contributed by atoms with van der Waals surface area (Å²) in [5.41, 5.74) is 1.06. The lowest BCUT2D eigenvalue weighted by Gasteiger charge is -2.30. The molecule has 0 bridgehead atoms. The Hall–Kier alpha value is -1.93. The summed E-state index contributed by atoms with van der Waals surface area (Å²) in [6.07, 6.45) is 0.828. The maximum Gasteiger partial charge on any atom is 0.306 e. The molecule has 8 heteroatoms. The Bertz CT molecular complexity index is 779. The molecule has 1 fully saturated rings. The van der Waals surface area contributed by atoms with E-state index in [1.165, 1.54) is 16.4 Å². The zero-order valence-electron chi connectivity index (χ0n) is 15.4. The van der Waals surface area contributed by atoms with Crippen LogP contribution in [0.4, 0.5) is 0 Å². The summed E-state index contributed by atoms with van der Waals surface area (Å²) in [6.45, 7) is 6.76. The molecule has 0 aliphatic carbocycles. The standard InChI is InChI=1S/C18H26N2O5S/c1-4-20(5-2)26(24,25)15-7-6-13(3)16(12-15)17(21)19-10-8-14(9-11-19)18(22)23/h6-7,12,14H,4-5,8-11H2,1-3H3,(H,22,23). The fourth-order valence-corrected chi connectivity index (χ4v) is 4.69. The molecule has 0 aromatic heterocycles. The minimum Gasteiger partial charge on any atom is -0.481 e. The first-order chi connectivity index (χ1) is 12.2. The number of hydrogen-bond donors (Lipinski definition) is 1. The quantitative estimate of drug-likeness (QED) is 0.811. The highest BCUT2D eigenvalue weighted by Gasteiger charge is 2.29. The number of carbonyl (C=O) groups excluding carboxylic acids is 1. The van der Waals surface area contributed by atoms with E-state index in [1.807, 2.05) is 0 Å². The number of likely N-dealkylation sites (tertiary alicyclic amines) is 1. The number of nitrogens with zero attached hydrogens (tertiary/aromatic N) is 2. The number of benzene rings is 1. The molecule has 1 aliphatic rings. The zero-order chi connectivity index (χ0) is 19.5. The van der Waals surface area contributed by atoms with Crippen LogP contribution in [0.15, 0.2) is 23.1 Å². The first kappa shape index (κ1) is 20.4. The molecule has 0 saturated carbocycles.